The highest BCUT2D eigenvalue weighted by atomic mass is 15.2. The molecule has 3 rings (SSSR count). The van der Waals surface area contributed by atoms with E-state index in [1.54, 1.807) is 0 Å². The minimum absolute atomic E-state index is 0.0956. The second-order valence-electron chi connectivity index (χ2n) is 3.91. The summed E-state index contributed by atoms with van der Waals surface area (Å²) in [6, 6.07) is 4.19. The number of hydrogen-bond donors (Lipinski definition) is 2. The Bertz CT molecular complexity index is 378. The SMILES string of the molecule is C1=Cc2ncccc2C2(C1)CNCN2. The summed E-state index contributed by atoms with van der Waals surface area (Å²) >= 11 is 0. The average Bonchev–Trinajstić information content (AvgIpc) is 2.68. The standard InChI is InChI=1S/C11H13N3/c1-4-10-9(3-2-6-13-10)11(5-1)7-12-8-14-11/h1-4,6,12,14H,5,7-8H2. The topological polar surface area (TPSA) is 37.0 Å². The third-order valence-corrected chi connectivity index (χ3v) is 3.07. The predicted molar refractivity (Wildman–Crippen MR) is 55.6 cm³/mol. The number of pyridine rings is 1. The van der Waals surface area contributed by atoms with Gasteiger partial charge in [0.1, 0.15) is 0 Å². The molecule has 3 nitrogen and oxygen atoms in total. The first-order chi connectivity index (χ1) is 6.91. The third-order valence-electron chi connectivity index (χ3n) is 3.07. The van der Waals surface area contributed by atoms with E-state index in [0.29, 0.717) is 0 Å². The number of hydrogen-bond acceptors (Lipinski definition) is 3. The molecule has 1 aromatic rings. The van der Waals surface area contributed by atoms with Gasteiger partial charge >= 0.3 is 0 Å². The number of aromatic nitrogens is 1. The first-order valence-corrected chi connectivity index (χ1v) is 4.99. The smallest absolute Gasteiger partial charge is 0.0677 e. The molecule has 0 amide bonds. The Kier molecular flexibility index (Phi) is 1.69. The second-order valence-corrected chi connectivity index (χ2v) is 3.91. The van der Waals surface area contributed by atoms with Crippen LogP contribution in [0.15, 0.2) is 24.4 Å². The highest BCUT2D eigenvalue weighted by molar-refractivity contribution is 5.55. The van der Waals surface area contributed by atoms with Crippen LogP contribution in [0.2, 0.25) is 0 Å². The lowest BCUT2D eigenvalue weighted by Crippen LogP contribution is -2.40. The molecule has 14 heavy (non-hydrogen) atoms. The van der Waals surface area contributed by atoms with E-state index in [-0.39, 0.29) is 5.54 Å². The van der Waals surface area contributed by atoms with E-state index in [4.69, 9.17) is 0 Å². The first kappa shape index (κ1) is 8.15. The molecule has 1 aromatic heterocycles. The zero-order valence-corrected chi connectivity index (χ0v) is 7.96. The molecule has 1 fully saturated rings. The monoisotopic (exact) mass is 187 g/mol. The van der Waals surface area contributed by atoms with Crippen LogP contribution >= 0.6 is 0 Å². The van der Waals surface area contributed by atoms with Gasteiger partial charge in [-0.2, -0.15) is 0 Å². The Hall–Kier alpha value is -1.19. The maximum absolute atomic E-state index is 4.38. The van der Waals surface area contributed by atoms with E-state index in [1.807, 2.05) is 12.3 Å². The van der Waals surface area contributed by atoms with Gasteiger partial charge in [0.2, 0.25) is 0 Å². The van der Waals surface area contributed by atoms with Gasteiger partial charge in [-0.3, -0.25) is 10.3 Å². The quantitative estimate of drug-likeness (QED) is 0.632. The molecular weight excluding hydrogens is 174 g/mol. The summed E-state index contributed by atoms with van der Waals surface area (Å²) in [6.45, 7) is 1.89. The van der Waals surface area contributed by atoms with Crippen molar-refractivity contribution in [3.05, 3.63) is 35.7 Å². The van der Waals surface area contributed by atoms with Crippen LogP contribution in [-0.4, -0.2) is 18.2 Å². The molecule has 1 aliphatic heterocycles. The molecule has 2 aliphatic rings. The Morgan fingerprint density at radius 2 is 2.43 bits per heavy atom. The Morgan fingerprint density at radius 3 is 3.29 bits per heavy atom. The second kappa shape index (κ2) is 2.90. The number of rotatable bonds is 0. The molecule has 1 aliphatic carbocycles. The molecule has 1 spiro atoms. The molecule has 3 heteroatoms. The van der Waals surface area contributed by atoms with Crippen molar-refractivity contribution < 1.29 is 0 Å². The van der Waals surface area contributed by atoms with Gasteiger partial charge in [-0.15, -0.1) is 0 Å². The lowest BCUT2D eigenvalue weighted by Gasteiger charge is -2.31. The van der Waals surface area contributed by atoms with Crippen LogP contribution in [0, 0.1) is 0 Å². The summed E-state index contributed by atoms with van der Waals surface area (Å²) in [6.07, 6.45) is 7.22. The van der Waals surface area contributed by atoms with E-state index in [2.05, 4.69) is 33.8 Å². The van der Waals surface area contributed by atoms with Gasteiger partial charge < -0.3 is 5.32 Å². The lowest BCUT2D eigenvalue weighted by molar-refractivity contribution is 0.414. The molecular formula is C11H13N3. The van der Waals surface area contributed by atoms with Crippen LogP contribution in [0.3, 0.4) is 0 Å². The van der Waals surface area contributed by atoms with E-state index in [0.717, 1.165) is 25.3 Å². The normalized spacial score (nSPS) is 29.4. The Labute approximate surface area is 83.2 Å². The van der Waals surface area contributed by atoms with Crippen LogP contribution in [-0.2, 0) is 5.54 Å². The summed E-state index contributed by atoms with van der Waals surface area (Å²) in [5.41, 5.74) is 2.53. The largest absolute Gasteiger partial charge is 0.302 e. The first-order valence-electron chi connectivity index (χ1n) is 4.99. The van der Waals surface area contributed by atoms with E-state index >= 15 is 0 Å². The summed E-state index contributed by atoms with van der Waals surface area (Å²) in [7, 11) is 0. The van der Waals surface area contributed by atoms with Crippen LogP contribution < -0.4 is 10.6 Å². The fraction of sp³-hybridized carbons (Fsp3) is 0.364. The Balaban J connectivity index is 2.15. The van der Waals surface area contributed by atoms with Crippen molar-refractivity contribution in [2.45, 2.75) is 12.0 Å². The van der Waals surface area contributed by atoms with Crippen molar-refractivity contribution in [3.63, 3.8) is 0 Å². The van der Waals surface area contributed by atoms with Gasteiger partial charge in [-0.1, -0.05) is 12.1 Å². The van der Waals surface area contributed by atoms with Crippen LogP contribution in [0.4, 0.5) is 0 Å². The van der Waals surface area contributed by atoms with E-state index in [1.165, 1.54) is 5.56 Å². The van der Waals surface area contributed by atoms with Crippen LogP contribution in [0.25, 0.3) is 6.08 Å². The van der Waals surface area contributed by atoms with Crippen molar-refractivity contribution in [2.24, 2.45) is 0 Å². The fourth-order valence-electron chi connectivity index (χ4n) is 2.34. The van der Waals surface area contributed by atoms with Crippen LogP contribution in [0.1, 0.15) is 17.7 Å². The minimum Gasteiger partial charge on any atom is -0.302 e. The van der Waals surface area contributed by atoms with Gasteiger partial charge in [0.05, 0.1) is 11.2 Å². The highest BCUT2D eigenvalue weighted by Crippen LogP contribution is 2.33. The summed E-state index contributed by atoms with van der Waals surface area (Å²) < 4.78 is 0. The number of nitrogens with one attached hydrogen (secondary N) is 2. The van der Waals surface area contributed by atoms with Gasteiger partial charge in [-0.25, -0.2) is 0 Å². The van der Waals surface area contributed by atoms with Crippen molar-refractivity contribution in [1.29, 1.82) is 0 Å². The summed E-state index contributed by atoms with van der Waals surface area (Å²) in [5.74, 6) is 0. The minimum atomic E-state index is 0.0956. The van der Waals surface area contributed by atoms with E-state index < -0.39 is 0 Å². The molecule has 1 saturated heterocycles. The molecule has 0 aromatic carbocycles. The van der Waals surface area contributed by atoms with Gasteiger partial charge in [0.15, 0.2) is 0 Å². The molecule has 2 N–H and O–H groups in total. The molecule has 72 valence electrons. The summed E-state index contributed by atoms with van der Waals surface area (Å²) in [5, 5.41) is 6.88. The van der Waals surface area contributed by atoms with Gasteiger partial charge in [-0.05, 0) is 24.1 Å². The van der Waals surface area contributed by atoms with Crippen molar-refractivity contribution in [1.82, 2.24) is 15.6 Å². The van der Waals surface area contributed by atoms with Crippen LogP contribution in [0.5, 0.6) is 0 Å². The zero-order valence-electron chi connectivity index (χ0n) is 7.96. The van der Waals surface area contributed by atoms with Crippen molar-refractivity contribution in [2.75, 3.05) is 13.2 Å². The predicted octanol–water partition coefficient (Wildman–Crippen LogP) is 0.844. The number of nitrogens with zero attached hydrogens (tertiary/aromatic N) is 1. The third kappa shape index (κ3) is 1.03. The molecule has 0 saturated carbocycles. The zero-order chi connectivity index (χ0) is 9.43. The molecule has 1 atom stereocenters. The van der Waals surface area contributed by atoms with Gasteiger partial charge in [0, 0.05) is 19.4 Å². The Morgan fingerprint density at radius 1 is 1.43 bits per heavy atom. The highest BCUT2D eigenvalue weighted by Gasteiger charge is 2.37. The summed E-state index contributed by atoms with van der Waals surface area (Å²) in [4.78, 5) is 4.38. The van der Waals surface area contributed by atoms with E-state index in [9.17, 15) is 0 Å². The van der Waals surface area contributed by atoms with Gasteiger partial charge in [0.25, 0.3) is 0 Å². The van der Waals surface area contributed by atoms with Crippen molar-refractivity contribution >= 4 is 6.08 Å². The fourth-order valence-corrected chi connectivity index (χ4v) is 2.34. The molecule has 0 radical (unpaired) electrons. The lowest BCUT2D eigenvalue weighted by atomic mass is 9.83. The van der Waals surface area contributed by atoms with Crippen molar-refractivity contribution in [3.8, 4) is 0 Å². The maximum Gasteiger partial charge on any atom is 0.0677 e. The molecule has 1 unspecified atom stereocenters. The maximum atomic E-state index is 4.38. The molecule has 0 bridgehead atoms. The molecule has 2 heterocycles. The average molecular weight is 187 g/mol. The number of fused-ring (bicyclic) bond motifs is 2.